The van der Waals surface area contributed by atoms with Gasteiger partial charge in [-0.25, -0.2) is 13.8 Å². The van der Waals surface area contributed by atoms with Gasteiger partial charge in [0, 0.05) is 36.8 Å². The quantitative estimate of drug-likeness (QED) is 0.736. The highest BCUT2D eigenvalue weighted by atomic mass is 19.1. The Hall–Kier alpha value is -3.35. The van der Waals surface area contributed by atoms with Crippen molar-refractivity contribution in [1.82, 2.24) is 15.3 Å². The Balaban J connectivity index is 1.66. The minimum Gasteiger partial charge on any atom is -0.436 e. The molecule has 0 aliphatic carbocycles. The van der Waals surface area contributed by atoms with Crippen LogP contribution in [0.1, 0.15) is 11.1 Å². The molecule has 1 N–H and O–H groups in total. The smallest absolute Gasteiger partial charge is 0.224 e. The van der Waals surface area contributed by atoms with Gasteiger partial charge in [0.15, 0.2) is 11.6 Å². The highest BCUT2D eigenvalue weighted by Gasteiger charge is 2.12. The molecule has 2 aromatic heterocycles. The molecule has 26 heavy (non-hydrogen) atoms. The lowest BCUT2D eigenvalue weighted by atomic mass is 10.2. The van der Waals surface area contributed by atoms with E-state index in [-0.39, 0.29) is 30.5 Å². The highest BCUT2D eigenvalue weighted by Crippen LogP contribution is 2.26. The minimum atomic E-state index is -0.831. The summed E-state index contributed by atoms with van der Waals surface area (Å²) in [5.74, 6) is -1.73. The van der Waals surface area contributed by atoms with Crippen molar-refractivity contribution in [2.24, 2.45) is 0 Å². The standard InChI is InChI=1S/C19H15F2N3O2/c20-15-5-6-17(16(21)10-15)26-19-14(4-2-8-23-19)12-24-18(25)9-13-3-1-7-22-11-13/h1-8,10-11H,9,12H2,(H,24,25). The number of benzene rings is 1. The van der Waals surface area contributed by atoms with E-state index in [1.165, 1.54) is 12.3 Å². The molecule has 0 spiro atoms. The Morgan fingerprint density at radius 1 is 1.12 bits per heavy atom. The zero-order valence-corrected chi connectivity index (χ0v) is 13.7. The van der Waals surface area contributed by atoms with Crippen LogP contribution >= 0.6 is 0 Å². The number of halogens is 2. The van der Waals surface area contributed by atoms with E-state index in [0.717, 1.165) is 17.7 Å². The summed E-state index contributed by atoms with van der Waals surface area (Å²) >= 11 is 0. The summed E-state index contributed by atoms with van der Waals surface area (Å²) in [6.45, 7) is 0.158. The van der Waals surface area contributed by atoms with E-state index in [2.05, 4.69) is 15.3 Å². The largest absolute Gasteiger partial charge is 0.436 e. The lowest BCUT2D eigenvalue weighted by Gasteiger charge is -2.11. The molecule has 0 fully saturated rings. The average molecular weight is 355 g/mol. The molecule has 132 valence electrons. The van der Waals surface area contributed by atoms with Crippen LogP contribution in [-0.4, -0.2) is 15.9 Å². The van der Waals surface area contributed by atoms with Crippen LogP contribution in [0.2, 0.25) is 0 Å². The fourth-order valence-corrected chi connectivity index (χ4v) is 2.26. The Morgan fingerprint density at radius 3 is 2.73 bits per heavy atom. The second kappa shape index (κ2) is 8.15. The lowest BCUT2D eigenvalue weighted by Crippen LogP contribution is -2.24. The number of pyridine rings is 2. The molecule has 0 atom stereocenters. The van der Waals surface area contributed by atoms with E-state index >= 15 is 0 Å². The second-order valence-electron chi connectivity index (χ2n) is 5.46. The maximum absolute atomic E-state index is 13.8. The summed E-state index contributed by atoms with van der Waals surface area (Å²) in [6.07, 6.45) is 4.93. The number of carbonyl (C=O) groups is 1. The molecule has 1 amide bonds. The highest BCUT2D eigenvalue weighted by molar-refractivity contribution is 5.78. The van der Waals surface area contributed by atoms with Gasteiger partial charge < -0.3 is 10.1 Å². The number of amides is 1. The molecule has 0 saturated heterocycles. The van der Waals surface area contributed by atoms with Crippen LogP contribution in [0.3, 0.4) is 0 Å². The molecule has 2 heterocycles. The van der Waals surface area contributed by atoms with Crippen LogP contribution in [0.15, 0.2) is 61.1 Å². The molecule has 5 nitrogen and oxygen atoms in total. The van der Waals surface area contributed by atoms with Crippen molar-refractivity contribution in [3.8, 4) is 11.6 Å². The monoisotopic (exact) mass is 355 g/mol. The minimum absolute atomic E-state index is 0.139. The fourth-order valence-electron chi connectivity index (χ4n) is 2.26. The third-order valence-electron chi connectivity index (χ3n) is 3.51. The van der Waals surface area contributed by atoms with Crippen molar-refractivity contribution in [1.29, 1.82) is 0 Å². The van der Waals surface area contributed by atoms with Crippen LogP contribution in [-0.2, 0) is 17.8 Å². The Labute approximate surface area is 148 Å². The fraction of sp³-hybridized carbons (Fsp3) is 0.105. The van der Waals surface area contributed by atoms with Crippen molar-refractivity contribution in [2.75, 3.05) is 0 Å². The molecule has 7 heteroatoms. The Morgan fingerprint density at radius 2 is 1.96 bits per heavy atom. The van der Waals surface area contributed by atoms with Crippen molar-refractivity contribution >= 4 is 5.91 Å². The molecule has 0 aliphatic rings. The van der Waals surface area contributed by atoms with Gasteiger partial charge in [0.25, 0.3) is 0 Å². The molecule has 0 radical (unpaired) electrons. The summed E-state index contributed by atoms with van der Waals surface area (Å²) in [4.78, 5) is 20.1. The van der Waals surface area contributed by atoms with E-state index < -0.39 is 11.6 Å². The summed E-state index contributed by atoms with van der Waals surface area (Å²) in [5, 5.41) is 2.76. The number of ether oxygens (including phenoxy) is 1. The first kappa shape index (κ1) is 17.5. The van der Waals surface area contributed by atoms with Crippen molar-refractivity contribution in [3.63, 3.8) is 0 Å². The number of hydrogen-bond acceptors (Lipinski definition) is 4. The second-order valence-corrected chi connectivity index (χ2v) is 5.46. The summed E-state index contributed by atoms with van der Waals surface area (Å²) in [6, 6.07) is 9.95. The predicted molar refractivity (Wildman–Crippen MR) is 90.5 cm³/mol. The van der Waals surface area contributed by atoms with Gasteiger partial charge in [0.05, 0.1) is 6.42 Å². The molecule has 1 aromatic carbocycles. The third kappa shape index (κ3) is 4.60. The van der Waals surface area contributed by atoms with Gasteiger partial charge in [-0.3, -0.25) is 9.78 Å². The van der Waals surface area contributed by atoms with Gasteiger partial charge >= 0.3 is 0 Å². The van der Waals surface area contributed by atoms with E-state index in [1.54, 1.807) is 30.6 Å². The molecule has 3 rings (SSSR count). The number of hydrogen-bond donors (Lipinski definition) is 1. The number of rotatable bonds is 6. The van der Waals surface area contributed by atoms with Gasteiger partial charge in [-0.2, -0.15) is 0 Å². The molecular weight excluding hydrogens is 340 g/mol. The topological polar surface area (TPSA) is 64.1 Å². The zero-order chi connectivity index (χ0) is 18.4. The predicted octanol–water partition coefficient (Wildman–Crippen LogP) is 3.41. The summed E-state index contributed by atoms with van der Waals surface area (Å²) in [5.41, 5.74) is 1.36. The first-order chi connectivity index (χ1) is 12.6. The van der Waals surface area contributed by atoms with E-state index in [4.69, 9.17) is 4.74 Å². The number of nitrogens with zero attached hydrogens (tertiary/aromatic N) is 2. The average Bonchev–Trinajstić information content (AvgIpc) is 2.64. The molecule has 0 unspecified atom stereocenters. The molecule has 3 aromatic rings. The maximum Gasteiger partial charge on any atom is 0.224 e. The van der Waals surface area contributed by atoms with Crippen LogP contribution in [0.25, 0.3) is 0 Å². The first-order valence-electron chi connectivity index (χ1n) is 7.84. The van der Waals surface area contributed by atoms with Crippen molar-refractivity contribution < 1.29 is 18.3 Å². The van der Waals surface area contributed by atoms with E-state index in [9.17, 15) is 13.6 Å². The van der Waals surface area contributed by atoms with Crippen LogP contribution in [0.4, 0.5) is 8.78 Å². The normalized spacial score (nSPS) is 10.4. The summed E-state index contributed by atoms with van der Waals surface area (Å²) < 4.78 is 32.2. The lowest BCUT2D eigenvalue weighted by molar-refractivity contribution is -0.120. The zero-order valence-electron chi connectivity index (χ0n) is 13.7. The van der Waals surface area contributed by atoms with Gasteiger partial charge in [0.2, 0.25) is 11.8 Å². The molecule has 0 aliphatic heterocycles. The van der Waals surface area contributed by atoms with E-state index in [1.807, 2.05) is 6.07 Å². The Bertz CT molecular complexity index is 904. The van der Waals surface area contributed by atoms with Gasteiger partial charge in [-0.15, -0.1) is 0 Å². The van der Waals surface area contributed by atoms with Crippen molar-refractivity contribution in [2.45, 2.75) is 13.0 Å². The van der Waals surface area contributed by atoms with Crippen LogP contribution in [0, 0.1) is 11.6 Å². The molecular formula is C19H15F2N3O2. The van der Waals surface area contributed by atoms with Gasteiger partial charge in [-0.05, 0) is 29.8 Å². The van der Waals surface area contributed by atoms with Gasteiger partial charge in [-0.1, -0.05) is 12.1 Å². The Kier molecular flexibility index (Phi) is 5.48. The number of nitrogens with one attached hydrogen (secondary N) is 1. The van der Waals surface area contributed by atoms with Crippen molar-refractivity contribution in [3.05, 3.63) is 83.8 Å². The van der Waals surface area contributed by atoms with Crippen LogP contribution < -0.4 is 10.1 Å². The number of carbonyl (C=O) groups excluding carboxylic acids is 1. The number of aromatic nitrogens is 2. The van der Waals surface area contributed by atoms with E-state index in [0.29, 0.717) is 5.56 Å². The SMILES string of the molecule is O=C(Cc1cccnc1)NCc1cccnc1Oc1ccc(F)cc1F. The third-order valence-corrected chi connectivity index (χ3v) is 3.51. The summed E-state index contributed by atoms with van der Waals surface area (Å²) in [7, 11) is 0. The van der Waals surface area contributed by atoms with Gasteiger partial charge in [0.1, 0.15) is 5.82 Å². The first-order valence-corrected chi connectivity index (χ1v) is 7.84. The van der Waals surface area contributed by atoms with Crippen LogP contribution in [0.5, 0.6) is 11.6 Å². The maximum atomic E-state index is 13.8. The molecule has 0 saturated carbocycles. The molecule has 0 bridgehead atoms.